The van der Waals surface area contributed by atoms with Crippen LogP contribution in [0.25, 0.3) is 11.2 Å². The molecule has 0 amide bonds. The van der Waals surface area contributed by atoms with Gasteiger partial charge in [-0.15, -0.1) is 0 Å². The summed E-state index contributed by atoms with van der Waals surface area (Å²) >= 11 is 0. The maximum absolute atomic E-state index is 12.5. The number of nitrogens with zero attached hydrogens (tertiary/aromatic N) is 5. The third-order valence-electron chi connectivity index (χ3n) is 4.96. The number of anilines is 1. The molecule has 1 fully saturated rings. The second-order valence-corrected chi connectivity index (χ2v) is 6.74. The van der Waals surface area contributed by atoms with Gasteiger partial charge in [-0.2, -0.15) is 15.5 Å². The number of rotatable bonds is 5. The van der Waals surface area contributed by atoms with E-state index in [1.54, 1.807) is 24.4 Å². The number of aromatic nitrogens is 4. The predicted octanol–water partition coefficient (Wildman–Crippen LogP) is 0.933. The monoisotopic (exact) mass is 374 g/mol. The first-order chi connectivity index (χ1) is 13.7. The summed E-state index contributed by atoms with van der Waals surface area (Å²) in [4.78, 5) is 23.9. The Morgan fingerprint density at radius 2 is 2.07 bits per heavy atom. The average molecular weight is 374 g/mol. The number of benzene rings is 1. The van der Waals surface area contributed by atoms with Gasteiger partial charge in [0.05, 0.1) is 36.0 Å². The van der Waals surface area contributed by atoms with Crippen LogP contribution in [0.5, 0.6) is 0 Å². The molecule has 9 nitrogen and oxygen atoms in total. The van der Waals surface area contributed by atoms with Crippen LogP contribution >= 0.6 is 0 Å². The minimum atomic E-state index is -0.363. The third-order valence-corrected chi connectivity index (χ3v) is 4.96. The van der Waals surface area contributed by atoms with Crippen molar-refractivity contribution in [2.24, 2.45) is 5.92 Å². The Hall–Kier alpha value is -3.69. The molecule has 1 atom stereocenters. The van der Waals surface area contributed by atoms with Crippen molar-refractivity contribution in [2.45, 2.75) is 13.0 Å². The summed E-state index contributed by atoms with van der Waals surface area (Å²) in [6.45, 7) is 2.81. The zero-order valence-electron chi connectivity index (χ0n) is 15.1. The molecule has 3 aromatic rings. The number of hydrogen-bond donors (Lipinski definition) is 3. The lowest BCUT2D eigenvalue weighted by Crippen LogP contribution is -2.20. The Morgan fingerprint density at radius 1 is 1.29 bits per heavy atom. The molecule has 28 heavy (non-hydrogen) atoms. The van der Waals surface area contributed by atoms with Crippen molar-refractivity contribution in [3.05, 3.63) is 51.6 Å². The van der Waals surface area contributed by atoms with Crippen molar-refractivity contribution in [1.29, 1.82) is 10.5 Å². The fraction of sp³-hybridized carbons (Fsp3) is 0.316. The zero-order chi connectivity index (χ0) is 19.5. The summed E-state index contributed by atoms with van der Waals surface area (Å²) in [5, 5.41) is 25.3. The molecule has 1 aliphatic rings. The molecular formula is C19H18N8O. The standard InChI is InChI=1S/C19H18N8O/c20-6-13-2-1-3-14(7-21)15(13)11-27-17-16(25-19(27)28)10-24-18(26-17)23-9-12-4-5-22-8-12/h1-3,10,12,22H,4-5,8-9,11H2,(H,25,28)(H,23,24,26)/t12-/m1/s1. The summed E-state index contributed by atoms with van der Waals surface area (Å²) < 4.78 is 1.43. The fourth-order valence-corrected chi connectivity index (χ4v) is 3.43. The van der Waals surface area contributed by atoms with Gasteiger partial charge in [0, 0.05) is 12.1 Å². The van der Waals surface area contributed by atoms with Crippen LogP contribution in [-0.2, 0) is 6.54 Å². The predicted molar refractivity (Wildman–Crippen MR) is 103 cm³/mol. The highest BCUT2D eigenvalue weighted by atomic mass is 16.1. The maximum atomic E-state index is 12.5. The van der Waals surface area contributed by atoms with E-state index >= 15 is 0 Å². The second-order valence-electron chi connectivity index (χ2n) is 6.74. The zero-order valence-corrected chi connectivity index (χ0v) is 15.1. The lowest BCUT2D eigenvalue weighted by Gasteiger charge is -2.10. The van der Waals surface area contributed by atoms with Gasteiger partial charge in [-0.25, -0.2) is 9.78 Å². The van der Waals surface area contributed by atoms with E-state index in [0.29, 0.717) is 39.7 Å². The second kappa shape index (κ2) is 7.51. The normalized spacial score (nSPS) is 16.0. The molecule has 3 N–H and O–H groups in total. The van der Waals surface area contributed by atoms with E-state index in [1.165, 1.54) is 4.57 Å². The van der Waals surface area contributed by atoms with Gasteiger partial charge in [0.2, 0.25) is 5.95 Å². The van der Waals surface area contributed by atoms with Gasteiger partial charge >= 0.3 is 5.69 Å². The quantitative estimate of drug-likeness (QED) is 0.604. The van der Waals surface area contributed by atoms with Crippen LogP contribution in [0.2, 0.25) is 0 Å². The summed E-state index contributed by atoms with van der Waals surface area (Å²) in [6.07, 6.45) is 2.67. The molecule has 0 bridgehead atoms. The fourth-order valence-electron chi connectivity index (χ4n) is 3.43. The van der Waals surface area contributed by atoms with Crippen LogP contribution in [0.1, 0.15) is 23.1 Å². The average Bonchev–Trinajstić information content (AvgIpc) is 3.34. The molecule has 140 valence electrons. The summed E-state index contributed by atoms with van der Waals surface area (Å²) in [5.74, 6) is 0.967. The SMILES string of the molecule is N#Cc1cccc(C#N)c1Cn1c(=O)[nH]c2cnc(NC[C@@H]3CCNC3)nc21. The number of hydrogen-bond acceptors (Lipinski definition) is 7. The Labute approximate surface area is 160 Å². The number of imidazole rings is 1. The number of nitrogens with one attached hydrogen (secondary N) is 3. The van der Waals surface area contributed by atoms with Crippen LogP contribution in [0.4, 0.5) is 5.95 Å². The first kappa shape index (κ1) is 17.7. The van der Waals surface area contributed by atoms with E-state index in [-0.39, 0.29) is 12.2 Å². The molecule has 2 aromatic heterocycles. The Bertz CT molecular complexity index is 1130. The van der Waals surface area contributed by atoms with E-state index < -0.39 is 0 Å². The molecule has 0 saturated carbocycles. The lowest BCUT2D eigenvalue weighted by molar-refractivity contribution is 0.613. The molecule has 4 rings (SSSR count). The highest BCUT2D eigenvalue weighted by molar-refractivity contribution is 5.71. The molecule has 1 aliphatic heterocycles. The van der Waals surface area contributed by atoms with Gasteiger partial charge in [0.15, 0.2) is 5.65 Å². The van der Waals surface area contributed by atoms with Crippen molar-refractivity contribution < 1.29 is 0 Å². The van der Waals surface area contributed by atoms with Gasteiger partial charge in [-0.1, -0.05) is 6.07 Å². The van der Waals surface area contributed by atoms with Crippen LogP contribution in [0.3, 0.4) is 0 Å². The molecule has 0 unspecified atom stereocenters. The minimum absolute atomic E-state index is 0.0778. The first-order valence-corrected chi connectivity index (χ1v) is 9.02. The Balaban J connectivity index is 1.68. The van der Waals surface area contributed by atoms with E-state index in [2.05, 4.69) is 37.7 Å². The Morgan fingerprint density at radius 3 is 2.75 bits per heavy atom. The summed E-state index contributed by atoms with van der Waals surface area (Å²) in [6, 6.07) is 9.09. The van der Waals surface area contributed by atoms with Crippen molar-refractivity contribution >= 4 is 17.1 Å². The first-order valence-electron chi connectivity index (χ1n) is 9.02. The highest BCUT2D eigenvalue weighted by Crippen LogP contribution is 2.17. The van der Waals surface area contributed by atoms with Gasteiger partial charge in [0.25, 0.3) is 0 Å². The summed E-state index contributed by atoms with van der Waals surface area (Å²) in [5.41, 5.74) is 1.80. The largest absolute Gasteiger partial charge is 0.354 e. The molecule has 0 spiro atoms. The molecule has 1 saturated heterocycles. The molecular weight excluding hydrogens is 356 g/mol. The van der Waals surface area contributed by atoms with E-state index in [0.717, 1.165) is 26.1 Å². The summed E-state index contributed by atoms with van der Waals surface area (Å²) in [7, 11) is 0. The highest BCUT2D eigenvalue weighted by Gasteiger charge is 2.17. The van der Waals surface area contributed by atoms with Crippen molar-refractivity contribution in [1.82, 2.24) is 24.8 Å². The van der Waals surface area contributed by atoms with E-state index in [9.17, 15) is 15.3 Å². The van der Waals surface area contributed by atoms with Crippen LogP contribution < -0.4 is 16.3 Å². The van der Waals surface area contributed by atoms with Gasteiger partial charge in [-0.3, -0.25) is 4.57 Å². The van der Waals surface area contributed by atoms with E-state index in [4.69, 9.17) is 0 Å². The smallest absolute Gasteiger partial charge is 0.328 e. The van der Waals surface area contributed by atoms with Crippen LogP contribution in [0, 0.1) is 28.6 Å². The number of fused-ring (bicyclic) bond motifs is 1. The lowest BCUT2D eigenvalue weighted by atomic mass is 10.0. The van der Waals surface area contributed by atoms with Crippen molar-refractivity contribution in [3.8, 4) is 12.1 Å². The van der Waals surface area contributed by atoms with Gasteiger partial charge in [0.1, 0.15) is 5.52 Å². The molecule has 0 radical (unpaired) electrons. The van der Waals surface area contributed by atoms with Crippen molar-refractivity contribution in [2.75, 3.05) is 25.0 Å². The van der Waals surface area contributed by atoms with E-state index in [1.807, 2.05) is 0 Å². The maximum Gasteiger partial charge on any atom is 0.328 e. The van der Waals surface area contributed by atoms with Crippen LogP contribution in [-0.4, -0.2) is 39.2 Å². The third kappa shape index (κ3) is 3.31. The van der Waals surface area contributed by atoms with Gasteiger partial charge in [-0.05, 0) is 37.6 Å². The molecule has 1 aromatic carbocycles. The topological polar surface area (TPSA) is 135 Å². The molecule has 9 heteroatoms. The number of aromatic amines is 1. The number of H-pyrrole nitrogens is 1. The number of nitriles is 2. The molecule has 3 heterocycles. The van der Waals surface area contributed by atoms with Crippen molar-refractivity contribution in [3.63, 3.8) is 0 Å². The molecule has 0 aliphatic carbocycles. The van der Waals surface area contributed by atoms with Gasteiger partial charge < -0.3 is 15.6 Å². The van der Waals surface area contributed by atoms with Crippen LogP contribution in [0.15, 0.2) is 29.2 Å². The Kier molecular flexibility index (Phi) is 4.75. The minimum Gasteiger partial charge on any atom is -0.354 e.